The minimum atomic E-state index is 0.590. The van der Waals surface area contributed by atoms with Gasteiger partial charge in [-0.25, -0.2) is 29.9 Å². The summed E-state index contributed by atoms with van der Waals surface area (Å²) >= 11 is 7.30. The van der Waals surface area contributed by atoms with Crippen LogP contribution >= 0.6 is 45.3 Å². The van der Waals surface area contributed by atoms with E-state index in [1.807, 2.05) is 69.6 Å². The number of thiophene rings is 4. The summed E-state index contributed by atoms with van der Waals surface area (Å²) in [6, 6.07) is 16.5. The van der Waals surface area contributed by atoms with Crippen LogP contribution in [-0.2, 0) is 0 Å². The maximum atomic E-state index is 5.82. The summed E-state index contributed by atoms with van der Waals surface area (Å²) in [5.74, 6) is 2.41. The van der Waals surface area contributed by atoms with Crippen molar-refractivity contribution in [2.75, 3.05) is 0 Å². The van der Waals surface area contributed by atoms with Crippen LogP contribution in [0.1, 0.15) is 84.0 Å². The molecule has 7 aromatic heterocycles. The second-order valence-corrected chi connectivity index (χ2v) is 22.8. The van der Waals surface area contributed by atoms with Crippen LogP contribution in [0.4, 0.5) is 0 Å². The van der Waals surface area contributed by atoms with Crippen molar-refractivity contribution in [2.24, 2.45) is 0 Å². The number of aryl methyl sites for hydroxylation is 8. The van der Waals surface area contributed by atoms with Crippen molar-refractivity contribution >= 4 is 89.9 Å². The zero-order valence-electron chi connectivity index (χ0n) is 37.9. The van der Waals surface area contributed by atoms with Gasteiger partial charge in [0.05, 0.1) is 0 Å². The Hall–Kier alpha value is -5.92. The van der Waals surface area contributed by atoms with Gasteiger partial charge in [-0.3, -0.25) is 0 Å². The third-order valence-electron chi connectivity index (χ3n) is 13.3. The molecule has 0 unspecified atom stereocenters. The molecule has 9 aromatic rings. The molecular weight excluding hydrogens is 865 g/mol. The number of H-pyrrole nitrogens is 2. The predicted molar refractivity (Wildman–Crippen MR) is 271 cm³/mol. The highest BCUT2D eigenvalue weighted by molar-refractivity contribution is 7.13. The molecule has 8 nitrogen and oxygen atoms in total. The van der Waals surface area contributed by atoms with Gasteiger partial charge in [-0.15, -0.1) is 45.3 Å². The number of hydrogen-bond acceptors (Lipinski definition) is 10. The van der Waals surface area contributed by atoms with Crippen molar-refractivity contribution in [3.05, 3.63) is 133 Å². The summed E-state index contributed by atoms with van der Waals surface area (Å²) in [5, 5.41) is 1.90. The summed E-state index contributed by atoms with van der Waals surface area (Å²) in [7, 11) is 0. The molecule has 8 bridgehead atoms. The van der Waals surface area contributed by atoms with Crippen molar-refractivity contribution in [3.63, 3.8) is 0 Å². The van der Waals surface area contributed by atoms with Gasteiger partial charge in [0.2, 0.25) is 0 Å². The smallest absolute Gasteiger partial charge is 0.165 e. The standard InChI is InChI=1S/C52H46N8S4/c1-21-25(5)61-29(9)37(21)41-43(39-23(3)27(7)63-31(39)11)51-58-49(41)56-47-35-19-15-13-17-33(35)45(54-47)53-46-34-18-14-16-20-36(34)48(55-46)57-50-42(38-22(2)26(6)62-30(38)10)44(52(59-50)60-51)40-24(4)28(8)64-32(40)12/h13-20H,1-12H3,(H2,53,54,55,56,57,58,59,60). The number of fused-ring (bicyclic) bond motifs is 14. The van der Waals surface area contributed by atoms with Gasteiger partial charge in [0, 0.05) is 105 Å². The average Bonchev–Trinajstić information content (AvgIpc) is 4.13. The molecule has 0 fully saturated rings. The lowest BCUT2D eigenvalue weighted by atomic mass is 9.91. The van der Waals surface area contributed by atoms with Gasteiger partial charge < -0.3 is 9.97 Å². The molecule has 12 heteroatoms. The lowest BCUT2D eigenvalue weighted by Crippen LogP contribution is -1.97. The van der Waals surface area contributed by atoms with E-state index < -0.39 is 0 Å². The lowest BCUT2D eigenvalue weighted by Gasteiger charge is -2.11. The van der Waals surface area contributed by atoms with Crippen molar-refractivity contribution in [3.8, 4) is 45.0 Å². The zero-order valence-corrected chi connectivity index (χ0v) is 41.2. The van der Waals surface area contributed by atoms with Gasteiger partial charge in [-0.1, -0.05) is 48.5 Å². The van der Waals surface area contributed by atoms with Crippen molar-refractivity contribution < 1.29 is 0 Å². The Morgan fingerprint density at radius 2 is 0.625 bits per heavy atom. The minimum absolute atomic E-state index is 0.590. The molecule has 0 radical (unpaired) electrons. The minimum Gasteiger partial charge on any atom is -0.324 e. The van der Waals surface area contributed by atoms with Crippen LogP contribution in [0.25, 0.3) is 89.5 Å². The van der Waals surface area contributed by atoms with E-state index in [0.29, 0.717) is 45.9 Å². The van der Waals surface area contributed by atoms with Gasteiger partial charge in [0.25, 0.3) is 0 Å². The van der Waals surface area contributed by atoms with Crippen molar-refractivity contribution in [1.82, 2.24) is 39.9 Å². The first-order chi connectivity index (χ1) is 30.7. The molecule has 318 valence electrons. The number of nitrogens with zero attached hydrogens (tertiary/aromatic N) is 6. The van der Waals surface area contributed by atoms with Gasteiger partial charge in [0.15, 0.2) is 23.3 Å². The highest BCUT2D eigenvalue weighted by Gasteiger charge is 2.33. The first-order valence-electron chi connectivity index (χ1n) is 21.5. The summed E-state index contributed by atoms with van der Waals surface area (Å²) < 4.78 is 0. The van der Waals surface area contributed by atoms with Crippen molar-refractivity contribution in [2.45, 2.75) is 83.1 Å². The normalized spacial score (nSPS) is 12.6. The SMILES string of the molecule is Cc1sc(C)c(C2=C(c3c(C)sc(C)c3C)c3nc2nc2[nH]c(nc4nc(nc5[nH]c(n3)c3ccccc53)-c3ccccc3-4)c(-c3c(C)sc(C)c3C)c2-c2c(C)sc(C)c2C)c1C. The summed E-state index contributed by atoms with van der Waals surface area (Å²) in [6.07, 6.45) is 0. The molecule has 0 saturated heterocycles. The Morgan fingerprint density at radius 1 is 0.312 bits per heavy atom. The Kier molecular flexibility index (Phi) is 9.45. The number of nitrogens with one attached hydrogen (secondary N) is 2. The summed E-state index contributed by atoms with van der Waals surface area (Å²) in [4.78, 5) is 50.6. The van der Waals surface area contributed by atoms with E-state index >= 15 is 0 Å². The average molecular weight is 911 g/mol. The fourth-order valence-electron chi connectivity index (χ4n) is 9.85. The predicted octanol–water partition coefficient (Wildman–Crippen LogP) is 14.7. The van der Waals surface area contributed by atoms with Crippen LogP contribution in [0.5, 0.6) is 0 Å². The quantitative estimate of drug-likeness (QED) is 0.182. The monoisotopic (exact) mass is 910 g/mol. The number of benzene rings is 2. The molecular formula is C52H46N8S4. The summed E-state index contributed by atoms with van der Waals surface area (Å²) in [6.45, 7) is 26.7. The van der Waals surface area contributed by atoms with E-state index in [4.69, 9.17) is 29.9 Å². The molecule has 0 spiro atoms. The molecule has 2 N–H and O–H groups in total. The van der Waals surface area contributed by atoms with Crippen molar-refractivity contribution in [1.29, 1.82) is 0 Å². The largest absolute Gasteiger partial charge is 0.324 e. The van der Waals surface area contributed by atoms with E-state index in [1.54, 1.807) is 0 Å². The van der Waals surface area contributed by atoms with E-state index in [0.717, 1.165) is 55.3 Å². The number of hydrogen-bond donors (Lipinski definition) is 2. The fraction of sp³-hybridized carbons (Fsp3) is 0.231. The van der Waals surface area contributed by atoms with Gasteiger partial charge >= 0.3 is 0 Å². The Balaban J connectivity index is 1.43. The second kappa shape index (κ2) is 14.8. The zero-order chi connectivity index (χ0) is 44.6. The number of aromatic amines is 2. The Bertz CT molecular complexity index is 3710. The van der Waals surface area contributed by atoms with E-state index in [-0.39, 0.29) is 0 Å². The molecule has 0 amide bonds. The molecule has 64 heavy (non-hydrogen) atoms. The molecule has 9 heterocycles. The molecule has 0 aliphatic carbocycles. The first kappa shape index (κ1) is 40.8. The topological polar surface area (TPSA) is 109 Å². The van der Waals surface area contributed by atoms with Crippen LogP contribution in [0.3, 0.4) is 0 Å². The first-order valence-corrected chi connectivity index (χ1v) is 24.7. The van der Waals surface area contributed by atoms with Crippen LogP contribution in [-0.4, -0.2) is 39.9 Å². The number of aromatic nitrogens is 8. The fourth-order valence-corrected chi connectivity index (χ4v) is 14.1. The highest BCUT2D eigenvalue weighted by atomic mass is 32.1. The highest BCUT2D eigenvalue weighted by Crippen LogP contribution is 2.50. The molecule has 0 saturated carbocycles. The summed E-state index contributed by atoms with van der Waals surface area (Å²) in [5.41, 5.74) is 18.2. The van der Waals surface area contributed by atoms with E-state index in [9.17, 15) is 0 Å². The number of rotatable bonds is 4. The lowest BCUT2D eigenvalue weighted by molar-refractivity contribution is 1.11. The second-order valence-electron chi connectivity index (χ2n) is 17.1. The molecule has 2 aliphatic heterocycles. The van der Waals surface area contributed by atoms with Crippen LogP contribution in [0, 0.1) is 83.1 Å². The van der Waals surface area contributed by atoms with Crippen LogP contribution in [0.2, 0.25) is 0 Å². The molecule has 0 atom stereocenters. The Labute approximate surface area is 388 Å². The molecule has 2 aliphatic rings. The van der Waals surface area contributed by atoms with Crippen LogP contribution in [0.15, 0.2) is 48.5 Å². The van der Waals surface area contributed by atoms with E-state index in [2.05, 4.69) is 117 Å². The molecule has 2 aromatic carbocycles. The van der Waals surface area contributed by atoms with Gasteiger partial charge in [0.1, 0.15) is 22.6 Å². The van der Waals surface area contributed by atoms with Gasteiger partial charge in [-0.05, 0) is 105 Å². The molecule has 11 rings (SSSR count). The Morgan fingerprint density at radius 3 is 1.02 bits per heavy atom. The maximum absolute atomic E-state index is 5.82. The van der Waals surface area contributed by atoms with E-state index in [1.165, 1.54) is 72.4 Å². The third kappa shape index (κ3) is 6.02. The maximum Gasteiger partial charge on any atom is 0.165 e. The van der Waals surface area contributed by atoms with Gasteiger partial charge in [-0.2, -0.15) is 0 Å². The van der Waals surface area contributed by atoms with Crippen LogP contribution < -0.4 is 0 Å². The third-order valence-corrected chi connectivity index (χ3v) is 17.8.